The molecule has 0 aromatic rings. The molecule has 0 aromatic carbocycles. The molecule has 3 nitrogen and oxygen atoms in total. The Balaban J connectivity index is 4.87. The Morgan fingerprint density at radius 3 is 2.18 bits per heavy atom. The highest BCUT2D eigenvalue weighted by Gasteiger charge is 2.32. The van der Waals surface area contributed by atoms with Gasteiger partial charge in [-0.05, 0) is 0 Å². The maximum absolute atomic E-state index is 10.9. The molecule has 0 saturated carbocycles. The van der Waals surface area contributed by atoms with Crippen molar-refractivity contribution in [3.8, 4) is 6.07 Å². The third-order valence-corrected chi connectivity index (χ3v) is 1.35. The second-order valence-electron chi connectivity index (χ2n) is 1.88. The van der Waals surface area contributed by atoms with Crippen molar-refractivity contribution in [2.24, 2.45) is 5.41 Å². The topological polar surface area (TPSA) is 50.1 Å². The van der Waals surface area contributed by atoms with Crippen LogP contribution in [0.15, 0.2) is 25.3 Å². The Morgan fingerprint density at radius 1 is 1.64 bits per heavy atom. The summed E-state index contributed by atoms with van der Waals surface area (Å²) in [5.74, 6) is -0.662. The van der Waals surface area contributed by atoms with Crippen molar-refractivity contribution in [3.63, 3.8) is 0 Å². The van der Waals surface area contributed by atoms with Crippen LogP contribution in [0.25, 0.3) is 0 Å². The summed E-state index contributed by atoms with van der Waals surface area (Å²) in [6, 6.07) is 1.75. The van der Waals surface area contributed by atoms with Crippen LogP contribution < -0.4 is 0 Å². The molecule has 3 heteroatoms. The number of ether oxygens (including phenoxy) is 1. The predicted octanol–water partition coefficient (Wildman–Crippen LogP) is 1.04. The highest BCUT2D eigenvalue weighted by Crippen LogP contribution is 2.20. The normalized spacial score (nSPS) is 9.45. The first kappa shape index (κ1) is 9.44. The third kappa shape index (κ3) is 1.47. The standard InChI is InChI=1S/C8H9NO2/c1-4-8(5-2,6-9)7(10)11-3/h4-5H,1-2H2,3H3. The van der Waals surface area contributed by atoms with Crippen molar-refractivity contribution in [2.45, 2.75) is 0 Å². The van der Waals surface area contributed by atoms with E-state index in [0.29, 0.717) is 0 Å². The number of nitriles is 1. The molecule has 0 saturated heterocycles. The lowest BCUT2D eigenvalue weighted by atomic mass is 9.91. The minimum absolute atomic E-state index is 0.662. The number of methoxy groups -OCH3 is 1. The Hall–Kier alpha value is -1.56. The van der Waals surface area contributed by atoms with Crippen molar-refractivity contribution < 1.29 is 9.53 Å². The predicted molar refractivity (Wildman–Crippen MR) is 40.5 cm³/mol. The van der Waals surface area contributed by atoms with Crippen molar-refractivity contribution >= 4 is 5.97 Å². The van der Waals surface area contributed by atoms with Gasteiger partial charge in [-0.15, -0.1) is 13.2 Å². The van der Waals surface area contributed by atoms with E-state index in [2.05, 4.69) is 17.9 Å². The van der Waals surface area contributed by atoms with Crippen LogP contribution in [-0.2, 0) is 9.53 Å². The molecule has 0 aliphatic heterocycles. The summed E-state index contributed by atoms with van der Waals surface area (Å²) in [6.07, 6.45) is 2.40. The maximum Gasteiger partial charge on any atom is 0.334 e. The van der Waals surface area contributed by atoms with Gasteiger partial charge in [-0.1, -0.05) is 12.2 Å². The number of nitrogens with zero attached hydrogens (tertiary/aromatic N) is 1. The lowest BCUT2D eigenvalue weighted by Crippen LogP contribution is -2.25. The van der Waals surface area contributed by atoms with Gasteiger partial charge in [0.15, 0.2) is 5.41 Å². The van der Waals surface area contributed by atoms with E-state index in [4.69, 9.17) is 5.26 Å². The highest BCUT2D eigenvalue weighted by molar-refractivity contribution is 5.84. The molecule has 0 radical (unpaired) electrons. The quantitative estimate of drug-likeness (QED) is 0.447. The van der Waals surface area contributed by atoms with Crippen molar-refractivity contribution in [3.05, 3.63) is 25.3 Å². The molecule has 11 heavy (non-hydrogen) atoms. The molecule has 0 amide bonds. The van der Waals surface area contributed by atoms with E-state index >= 15 is 0 Å². The molecule has 0 unspecified atom stereocenters. The summed E-state index contributed by atoms with van der Waals surface area (Å²) in [5, 5.41) is 8.58. The number of rotatable bonds is 3. The molecule has 58 valence electrons. The zero-order valence-electron chi connectivity index (χ0n) is 6.33. The average Bonchev–Trinajstić information content (AvgIpc) is 2.08. The summed E-state index contributed by atoms with van der Waals surface area (Å²) < 4.78 is 4.38. The number of hydrogen-bond donors (Lipinski definition) is 0. The smallest absolute Gasteiger partial charge is 0.334 e. The first-order chi connectivity index (χ1) is 5.16. The molecule has 0 aliphatic carbocycles. The van der Waals surface area contributed by atoms with E-state index < -0.39 is 11.4 Å². The molecular weight excluding hydrogens is 142 g/mol. The molecule has 0 rings (SSSR count). The van der Waals surface area contributed by atoms with E-state index in [0.717, 1.165) is 0 Å². The van der Waals surface area contributed by atoms with Gasteiger partial charge in [0.05, 0.1) is 13.2 Å². The molecule has 0 atom stereocenters. The molecular formula is C8H9NO2. The zero-order valence-corrected chi connectivity index (χ0v) is 6.33. The summed E-state index contributed by atoms with van der Waals surface area (Å²) in [4.78, 5) is 10.9. The van der Waals surface area contributed by atoms with Gasteiger partial charge in [0.25, 0.3) is 0 Å². The van der Waals surface area contributed by atoms with E-state index in [9.17, 15) is 4.79 Å². The van der Waals surface area contributed by atoms with Crippen LogP contribution >= 0.6 is 0 Å². The van der Waals surface area contributed by atoms with E-state index in [1.165, 1.54) is 19.3 Å². The van der Waals surface area contributed by atoms with Gasteiger partial charge in [0.1, 0.15) is 0 Å². The summed E-state index contributed by atoms with van der Waals surface area (Å²) in [5.41, 5.74) is -1.39. The fourth-order valence-corrected chi connectivity index (χ4v) is 0.556. The van der Waals surface area contributed by atoms with Crippen LogP contribution in [0.2, 0.25) is 0 Å². The fourth-order valence-electron chi connectivity index (χ4n) is 0.556. The summed E-state index contributed by atoms with van der Waals surface area (Å²) >= 11 is 0. The summed E-state index contributed by atoms with van der Waals surface area (Å²) in [6.45, 7) is 6.70. The number of carbonyl (C=O) groups excluding carboxylic acids is 1. The van der Waals surface area contributed by atoms with Crippen molar-refractivity contribution in [2.75, 3.05) is 7.11 Å². The summed E-state index contributed by atoms with van der Waals surface area (Å²) in [7, 11) is 1.21. The zero-order chi connectivity index (χ0) is 8.91. The average molecular weight is 151 g/mol. The van der Waals surface area contributed by atoms with Crippen LogP contribution in [0.3, 0.4) is 0 Å². The van der Waals surface area contributed by atoms with E-state index in [1.807, 2.05) is 0 Å². The molecule has 0 N–H and O–H groups in total. The Kier molecular flexibility index (Phi) is 3.06. The van der Waals surface area contributed by atoms with Crippen molar-refractivity contribution in [1.29, 1.82) is 5.26 Å². The fraction of sp³-hybridized carbons (Fsp3) is 0.250. The van der Waals surface area contributed by atoms with Gasteiger partial charge in [0.2, 0.25) is 0 Å². The van der Waals surface area contributed by atoms with Gasteiger partial charge < -0.3 is 4.74 Å². The van der Waals surface area contributed by atoms with Gasteiger partial charge in [-0.25, -0.2) is 4.79 Å². The minimum atomic E-state index is -1.39. The Bertz CT molecular complexity index is 217. The lowest BCUT2D eigenvalue weighted by molar-refractivity contribution is -0.144. The molecule has 0 aliphatic rings. The minimum Gasteiger partial charge on any atom is -0.467 e. The van der Waals surface area contributed by atoms with Crippen molar-refractivity contribution in [1.82, 2.24) is 0 Å². The Labute approximate surface area is 65.6 Å². The van der Waals surface area contributed by atoms with E-state index in [-0.39, 0.29) is 0 Å². The lowest BCUT2D eigenvalue weighted by Gasteiger charge is -2.13. The SMILES string of the molecule is C=CC(C#N)(C=C)C(=O)OC. The van der Waals surface area contributed by atoms with Crippen LogP contribution in [-0.4, -0.2) is 13.1 Å². The third-order valence-electron chi connectivity index (χ3n) is 1.35. The van der Waals surface area contributed by atoms with E-state index in [1.54, 1.807) is 6.07 Å². The second kappa shape index (κ2) is 3.57. The molecule has 0 spiro atoms. The number of esters is 1. The van der Waals surface area contributed by atoms with Crippen LogP contribution in [0.1, 0.15) is 0 Å². The maximum atomic E-state index is 10.9. The monoisotopic (exact) mass is 151 g/mol. The van der Waals surface area contributed by atoms with Crippen LogP contribution in [0.5, 0.6) is 0 Å². The second-order valence-corrected chi connectivity index (χ2v) is 1.88. The first-order valence-corrected chi connectivity index (χ1v) is 2.93. The largest absolute Gasteiger partial charge is 0.467 e. The van der Waals surface area contributed by atoms with Gasteiger partial charge >= 0.3 is 5.97 Å². The van der Waals surface area contributed by atoms with Crippen LogP contribution in [0.4, 0.5) is 0 Å². The highest BCUT2D eigenvalue weighted by atomic mass is 16.5. The number of carbonyl (C=O) groups is 1. The molecule has 0 heterocycles. The first-order valence-electron chi connectivity index (χ1n) is 2.93. The molecule has 0 fully saturated rings. The molecule has 0 aromatic heterocycles. The van der Waals surface area contributed by atoms with Crippen LogP contribution in [0, 0.1) is 16.7 Å². The molecule has 0 bridgehead atoms. The number of hydrogen-bond acceptors (Lipinski definition) is 3. The Morgan fingerprint density at radius 2 is 2.09 bits per heavy atom. The van der Waals surface area contributed by atoms with Gasteiger partial charge in [-0.2, -0.15) is 5.26 Å². The van der Waals surface area contributed by atoms with Gasteiger partial charge in [0, 0.05) is 0 Å². The van der Waals surface area contributed by atoms with Gasteiger partial charge in [-0.3, -0.25) is 0 Å².